The van der Waals surface area contributed by atoms with Gasteiger partial charge < -0.3 is 4.90 Å². The summed E-state index contributed by atoms with van der Waals surface area (Å²) >= 11 is 0. The van der Waals surface area contributed by atoms with Crippen molar-refractivity contribution in [2.75, 3.05) is 11.0 Å². The van der Waals surface area contributed by atoms with Crippen LogP contribution in [0.15, 0.2) is 52.3 Å². The molecule has 4 rings (SSSR count). The molecule has 12 heteroatoms. The molecule has 1 unspecified atom stereocenters. The first-order chi connectivity index (χ1) is 15.0. The van der Waals surface area contributed by atoms with E-state index < -0.39 is 48.5 Å². The fourth-order valence-electron chi connectivity index (χ4n) is 3.86. The van der Waals surface area contributed by atoms with Crippen LogP contribution in [0, 0.1) is 0 Å². The van der Waals surface area contributed by atoms with Crippen molar-refractivity contribution in [3.63, 3.8) is 0 Å². The molecule has 0 bridgehead atoms. The van der Waals surface area contributed by atoms with Gasteiger partial charge in [0.15, 0.2) is 9.84 Å². The molecule has 1 saturated heterocycles. The van der Waals surface area contributed by atoms with Crippen LogP contribution < -0.4 is 10.0 Å². The number of nitrogens with one attached hydrogen (secondary N) is 2. The first-order valence-corrected chi connectivity index (χ1v) is 12.9. The number of amides is 3. The predicted octanol–water partition coefficient (Wildman–Crippen LogP) is 0.652. The third-order valence-corrected chi connectivity index (χ3v) is 8.07. The normalized spacial score (nSPS) is 19.0. The van der Waals surface area contributed by atoms with E-state index in [1.165, 1.54) is 47.4 Å². The average Bonchev–Trinajstić information content (AvgIpc) is 3.05. The summed E-state index contributed by atoms with van der Waals surface area (Å²) in [6, 6.07) is 8.84. The van der Waals surface area contributed by atoms with E-state index in [9.17, 15) is 31.2 Å². The molecule has 1 fully saturated rings. The summed E-state index contributed by atoms with van der Waals surface area (Å²) in [7, 11) is -8.13. The van der Waals surface area contributed by atoms with Crippen LogP contribution >= 0.6 is 0 Å². The second kappa shape index (κ2) is 7.71. The first-order valence-electron chi connectivity index (χ1n) is 9.57. The summed E-state index contributed by atoms with van der Waals surface area (Å²) in [4.78, 5) is 37.1. The minimum absolute atomic E-state index is 0.0349. The Kier molecular flexibility index (Phi) is 5.29. The molecule has 2 aromatic rings. The van der Waals surface area contributed by atoms with E-state index in [1.54, 1.807) is 0 Å². The predicted molar refractivity (Wildman–Crippen MR) is 113 cm³/mol. The fraction of sp³-hybridized carbons (Fsp3) is 0.250. The van der Waals surface area contributed by atoms with Gasteiger partial charge in [-0.3, -0.25) is 24.4 Å². The van der Waals surface area contributed by atoms with Gasteiger partial charge in [-0.25, -0.2) is 16.8 Å². The van der Waals surface area contributed by atoms with Gasteiger partial charge in [-0.1, -0.05) is 18.2 Å². The molecule has 168 valence electrons. The maximum atomic E-state index is 13.0. The van der Waals surface area contributed by atoms with Crippen molar-refractivity contribution >= 4 is 43.3 Å². The molecule has 0 spiro atoms. The van der Waals surface area contributed by atoms with E-state index in [4.69, 9.17) is 0 Å². The van der Waals surface area contributed by atoms with Crippen LogP contribution in [0.4, 0.5) is 5.69 Å². The lowest BCUT2D eigenvalue weighted by molar-refractivity contribution is -0.136. The van der Waals surface area contributed by atoms with Crippen molar-refractivity contribution in [2.24, 2.45) is 0 Å². The zero-order valence-corrected chi connectivity index (χ0v) is 18.5. The van der Waals surface area contributed by atoms with Crippen LogP contribution in [0.5, 0.6) is 0 Å². The fourth-order valence-corrected chi connectivity index (χ4v) is 6.58. The molecule has 0 aliphatic carbocycles. The molecule has 2 aliphatic rings. The van der Waals surface area contributed by atoms with Crippen molar-refractivity contribution in [1.29, 1.82) is 0 Å². The second-order valence-corrected chi connectivity index (χ2v) is 11.2. The molecule has 1 atom stereocenters. The number of benzene rings is 2. The van der Waals surface area contributed by atoms with Crippen molar-refractivity contribution in [2.45, 2.75) is 35.2 Å². The van der Waals surface area contributed by atoms with Gasteiger partial charge in [-0.2, -0.15) is 0 Å². The lowest BCUT2D eigenvalue weighted by Crippen LogP contribution is -2.52. The van der Waals surface area contributed by atoms with Gasteiger partial charge in [0, 0.05) is 30.3 Å². The number of anilines is 1. The summed E-state index contributed by atoms with van der Waals surface area (Å²) in [6.45, 7) is -0.0349. The lowest BCUT2D eigenvalue weighted by atomic mass is 10.0. The number of hydrogen-bond acceptors (Lipinski definition) is 7. The molecule has 10 nitrogen and oxygen atoms in total. The highest BCUT2D eigenvalue weighted by Crippen LogP contribution is 2.34. The molecular weight excluding hydrogens is 458 g/mol. The summed E-state index contributed by atoms with van der Waals surface area (Å²) in [6.07, 6.45) is 1.18. The molecule has 0 radical (unpaired) electrons. The van der Waals surface area contributed by atoms with Gasteiger partial charge in [-0.05, 0) is 30.7 Å². The molecule has 2 heterocycles. The maximum absolute atomic E-state index is 13.0. The summed E-state index contributed by atoms with van der Waals surface area (Å²) in [5.74, 6) is -1.44. The standard InChI is InChI=1S/C20H19N3O7S2/c1-31(27,28)16-7-2-3-8-17(16)32(29,30)22-14-6-4-5-12-13(14)11-23(20(12)26)15-9-10-18(24)21-19(15)25/h2-8,15,22H,9-11H2,1H3,(H,21,24,25). The van der Waals surface area contributed by atoms with Crippen molar-refractivity contribution in [3.05, 3.63) is 53.6 Å². The van der Waals surface area contributed by atoms with Crippen molar-refractivity contribution in [1.82, 2.24) is 10.2 Å². The number of carbonyl (C=O) groups excluding carboxylic acids is 3. The average molecular weight is 478 g/mol. The number of fused-ring (bicyclic) bond motifs is 1. The number of sulfone groups is 1. The Bertz CT molecular complexity index is 1370. The Hall–Kier alpha value is -3.25. The van der Waals surface area contributed by atoms with Crippen LogP contribution in [0.3, 0.4) is 0 Å². The first kappa shape index (κ1) is 22.0. The molecule has 32 heavy (non-hydrogen) atoms. The molecular formula is C20H19N3O7S2. The van der Waals surface area contributed by atoms with Crippen LogP contribution in [0.1, 0.15) is 28.8 Å². The third kappa shape index (κ3) is 3.86. The molecule has 3 amide bonds. The van der Waals surface area contributed by atoms with Crippen LogP contribution in [-0.4, -0.2) is 51.8 Å². The van der Waals surface area contributed by atoms with Crippen molar-refractivity contribution in [3.8, 4) is 0 Å². The second-order valence-electron chi connectivity index (χ2n) is 7.56. The van der Waals surface area contributed by atoms with E-state index in [0.29, 0.717) is 5.56 Å². The highest BCUT2D eigenvalue weighted by Gasteiger charge is 2.40. The number of hydrogen-bond donors (Lipinski definition) is 2. The Morgan fingerprint density at radius 1 is 0.969 bits per heavy atom. The number of carbonyl (C=O) groups is 3. The smallest absolute Gasteiger partial charge is 0.263 e. The molecule has 0 saturated carbocycles. The van der Waals surface area contributed by atoms with E-state index in [1.807, 2.05) is 0 Å². The van der Waals surface area contributed by atoms with Crippen LogP contribution in [0.25, 0.3) is 0 Å². The molecule has 2 N–H and O–H groups in total. The van der Waals surface area contributed by atoms with Gasteiger partial charge in [0.1, 0.15) is 10.9 Å². The highest BCUT2D eigenvalue weighted by atomic mass is 32.2. The van der Waals surface area contributed by atoms with Gasteiger partial charge in [-0.15, -0.1) is 0 Å². The topological polar surface area (TPSA) is 147 Å². The number of rotatable bonds is 5. The minimum atomic E-state index is -4.31. The van der Waals surface area contributed by atoms with Gasteiger partial charge in [0.05, 0.1) is 10.6 Å². The van der Waals surface area contributed by atoms with E-state index in [0.717, 1.165) is 6.26 Å². The Morgan fingerprint density at radius 3 is 2.31 bits per heavy atom. The highest BCUT2D eigenvalue weighted by molar-refractivity contribution is 7.95. The molecule has 2 aliphatic heterocycles. The lowest BCUT2D eigenvalue weighted by Gasteiger charge is -2.29. The summed E-state index contributed by atoms with van der Waals surface area (Å²) < 4.78 is 52.6. The zero-order valence-electron chi connectivity index (χ0n) is 16.9. The molecule has 2 aromatic carbocycles. The summed E-state index contributed by atoms with van der Waals surface area (Å²) in [5, 5.41) is 2.21. The van der Waals surface area contributed by atoms with E-state index >= 15 is 0 Å². The monoisotopic (exact) mass is 477 g/mol. The van der Waals surface area contributed by atoms with Gasteiger partial charge >= 0.3 is 0 Å². The van der Waals surface area contributed by atoms with Gasteiger partial charge in [0.2, 0.25) is 11.8 Å². The van der Waals surface area contributed by atoms with E-state index in [-0.39, 0.29) is 35.5 Å². The number of nitrogens with zero attached hydrogens (tertiary/aromatic N) is 1. The Balaban J connectivity index is 1.68. The van der Waals surface area contributed by atoms with Crippen molar-refractivity contribution < 1.29 is 31.2 Å². The number of sulfonamides is 1. The zero-order chi connectivity index (χ0) is 23.3. The SMILES string of the molecule is CS(=O)(=O)c1ccccc1S(=O)(=O)Nc1cccc2c1CN(C1CCC(=O)NC1=O)C2=O. The van der Waals surface area contributed by atoms with Crippen LogP contribution in [0.2, 0.25) is 0 Å². The third-order valence-electron chi connectivity index (χ3n) is 5.36. The van der Waals surface area contributed by atoms with Gasteiger partial charge in [0.25, 0.3) is 15.9 Å². The number of piperidine rings is 1. The molecule has 0 aromatic heterocycles. The minimum Gasteiger partial charge on any atom is -0.322 e. The summed E-state index contributed by atoms with van der Waals surface area (Å²) in [5.41, 5.74) is 0.697. The van der Waals surface area contributed by atoms with E-state index in [2.05, 4.69) is 10.0 Å². The number of imide groups is 1. The Labute approximate surface area is 184 Å². The quantitative estimate of drug-likeness (QED) is 0.601. The largest absolute Gasteiger partial charge is 0.322 e. The maximum Gasteiger partial charge on any atom is 0.263 e. The Morgan fingerprint density at radius 2 is 1.66 bits per heavy atom. The van der Waals surface area contributed by atoms with Crippen LogP contribution in [-0.2, 0) is 36.0 Å².